The molecule has 0 saturated heterocycles. The van der Waals surface area contributed by atoms with Gasteiger partial charge in [0.2, 0.25) is 0 Å². The van der Waals surface area contributed by atoms with E-state index in [9.17, 15) is 9.36 Å². The number of aliphatic carboxylic acids is 1. The second-order valence-corrected chi connectivity index (χ2v) is 9.50. The predicted molar refractivity (Wildman–Crippen MR) is 151 cm³/mol. The maximum atomic E-state index is 10.6. The molecule has 1 atom stereocenters. The molecular formula is C29H29N2O6P. The van der Waals surface area contributed by atoms with E-state index in [0.29, 0.717) is 6.42 Å². The first-order valence-electron chi connectivity index (χ1n) is 11.6. The highest BCUT2D eigenvalue weighted by Crippen LogP contribution is 2.38. The van der Waals surface area contributed by atoms with Crippen LogP contribution in [-0.4, -0.2) is 26.9 Å². The van der Waals surface area contributed by atoms with Crippen molar-refractivity contribution in [2.45, 2.75) is 12.5 Å². The van der Waals surface area contributed by atoms with Gasteiger partial charge >= 0.3 is 13.8 Å². The van der Waals surface area contributed by atoms with Gasteiger partial charge in [-0.3, -0.25) is 14.6 Å². The fourth-order valence-electron chi connectivity index (χ4n) is 3.52. The largest absolute Gasteiger partial charge is 0.524 e. The molecule has 0 unspecified atom stereocenters. The lowest BCUT2D eigenvalue weighted by molar-refractivity contribution is -0.138. The Morgan fingerprint density at radius 1 is 0.737 bits per heavy atom. The molecule has 0 bridgehead atoms. The van der Waals surface area contributed by atoms with Crippen molar-refractivity contribution in [2.24, 2.45) is 5.73 Å². The lowest BCUT2D eigenvalue weighted by atomic mass is 10.1. The van der Waals surface area contributed by atoms with Crippen molar-refractivity contribution >= 4 is 41.0 Å². The summed E-state index contributed by atoms with van der Waals surface area (Å²) in [5.41, 5.74) is 12.7. The summed E-state index contributed by atoms with van der Waals surface area (Å²) in [5, 5.41) is 12.8. The first kappa shape index (κ1) is 28.4. The summed E-state index contributed by atoms with van der Waals surface area (Å²) in [6.45, 7) is 0. The molecule has 0 aliphatic rings. The average molecular weight is 533 g/mol. The predicted octanol–water partition coefficient (Wildman–Crippen LogP) is 5.37. The van der Waals surface area contributed by atoms with Crippen LogP contribution < -0.4 is 16.0 Å². The van der Waals surface area contributed by atoms with E-state index in [1.54, 1.807) is 12.1 Å². The van der Waals surface area contributed by atoms with E-state index in [1.165, 1.54) is 16.8 Å². The number of hydrogen-bond donors (Lipinski definition) is 5. The van der Waals surface area contributed by atoms with Gasteiger partial charge in [-0.2, -0.15) is 0 Å². The Morgan fingerprint density at radius 2 is 1.24 bits per heavy atom. The molecule has 0 radical (unpaired) electrons. The Bertz CT molecular complexity index is 1540. The van der Waals surface area contributed by atoms with Crippen LogP contribution in [0.3, 0.4) is 0 Å². The highest BCUT2D eigenvalue weighted by atomic mass is 31.2. The third kappa shape index (κ3) is 9.35. The molecule has 0 aliphatic carbocycles. The number of carboxylic acid groups (broad SMARTS) is 1. The minimum Gasteiger partial charge on any atom is -0.480 e. The number of benzene rings is 5. The standard InChI is InChI=1S/C10H9N.C10H9O4P.C9H11NO2/c11-10-6-5-8-3-1-2-4-9(8)7-10;11-15(12,13)14-10-6-5-8-3-1-2-4-9(8)7-10;10-8(9(11)12)6-7-4-2-1-3-5-7/h1-7H,11H2;1-7H,(H2,11,12,13);1-5,8H,6,10H2,(H,11,12)/t;;8-/m..0/s1. The number of nitrogens with two attached hydrogens (primary N) is 2. The van der Waals surface area contributed by atoms with Gasteiger partial charge in [0.25, 0.3) is 0 Å². The molecule has 0 saturated carbocycles. The van der Waals surface area contributed by atoms with Crippen LogP contribution in [0.2, 0.25) is 0 Å². The highest BCUT2D eigenvalue weighted by molar-refractivity contribution is 7.46. The van der Waals surface area contributed by atoms with Crippen LogP contribution in [0.15, 0.2) is 115 Å². The van der Waals surface area contributed by atoms with Crippen LogP contribution in [0.1, 0.15) is 5.56 Å². The Morgan fingerprint density at radius 3 is 1.79 bits per heavy atom. The Kier molecular flexibility index (Phi) is 9.99. The van der Waals surface area contributed by atoms with Gasteiger partial charge in [-0.1, -0.05) is 91.0 Å². The summed E-state index contributed by atoms with van der Waals surface area (Å²) in [5.74, 6) is -0.791. The normalized spacial score (nSPS) is 11.4. The zero-order chi connectivity index (χ0) is 27.5. The number of phosphoric acid groups is 1. The van der Waals surface area contributed by atoms with Crippen molar-refractivity contribution in [1.82, 2.24) is 0 Å². The molecule has 38 heavy (non-hydrogen) atoms. The van der Waals surface area contributed by atoms with Gasteiger partial charge in [0.1, 0.15) is 11.8 Å². The summed E-state index contributed by atoms with van der Waals surface area (Å²) >= 11 is 0. The van der Waals surface area contributed by atoms with Crippen LogP contribution in [0.25, 0.3) is 21.5 Å². The number of anilines is 1. The molecule has 8 nitrogen and oxygen atoms in total. The maximum Gasteiger partial charge on any atom is 0.524 e. The smallest absolute Gasteiger partial charge is 0.480 e. The van der Waals surface area contributed by atoms with E-state index in [-0.39, 0.29) is 5.75 Å². The molecule has 196 valence electrons. The number of nitrogen functional groups attached to an aromatic ring is 1. The van der Waals surface area contributed by atoms with E-state index in [4.69, 9.17) is 26.4 Å². The van der Waals surface area contributed by atoms with E-state index >= 15 is 0 Å². The number of fused-ring (bicyclic) bond motifs is 2. The summed E-state index contributed by atoms with van der Waals surface area (Å²) in [4.78, 5) is 27.6. The third-order valence-corrected chi connectivity index (χ3v) is 5.78. The first-order valence-corrected chi connectivity index (χ1v) is 13.1. The number of rotatable bonds is 5. The molecule has 5 aromatic carbocycles. The Balaban J connectivity index is 0.000000160. The SMILES string of the molecule is N[C@@H](Cc1ccccc1)C(=O)O.Nc1ccc2ccccc2c1.O=P(O)(O)Oc1ccc2ccccc2c1. The van der Waals surface area contributed by atoms with Crippen molar-refractivity contribution < 1.29 is 28.8 Å². The van der Waals surface area contributed by atoms with Crippen LogP contribution >= 0.6 is 7.82 Å². The quantitative estimate of drug-likeness (QED) is 0.149. The highest BCUT2D eigenvalue weighted by Gasteiger charge is 2.15. The van der Waals surface area contributed by atoms with E-state index in [1.807, 2.05) is 84.9 Å². The molecular weight excluding hydrogens is 503 g/mol. The first-order chi connectivity index (χ1) is 18.1. The van der Waals surface area contributed by atoms with Crippen molar-refractivity contribution in [3.8, 4) is 5.75 Å². The van der Waals surface area contributed by atoms with Gasteiger partial charge in [-0.05, 0) is 57.8 Å². The van der Waals surface area contributed by atoms with Crippen molar-refractivity contribution in [2.75, 3.05) is 5.73 Å². The fourth-order valence-corrected chi connectivity index (χ4v) is 3.91. The molecule has 9 heteroatoms. The zero-order valence-corrected chi connectivity index (χ0v) is 21.3. The topological polar surface area (TPSA) is 156 Å². The van der Waals surface area contributed by atoms with Crippen LogP contribution in [0.4, 0.5) is 5.69 Å². The van der Waals surface area contributed by atoms with Gasteiger partial charge in [0.15, 0.2) is 0 Å². The Labute approximate surface area is 220 Å². The molecule has 7 N–H and O–H groups in total. The van der Waals surface area contributed by atoms with Crippen molar-refractivity contribution in [1.29, 1.82) is 0 Å². The van der Waals surface area contributed by atoms with Gasteiger partial charge in [-0.15, -0.1) is 0 Å². The van der Waals surface area contributed by atoms with Crippen LogP contribution in [-0.2, 0) is 15.8 Å². The van der Waals surface area contributed by atoms with E-state index in [2.05, 4.69) is 16.7 Å². The monoisotopic (exact) mass is 532 g/mol. The lowest BCUT2D eigenvalue weighted by Gasteiger charge is -2.07. The summed E-state index contributed by atoms with van der Waals surface area (Å²) in [6, 6.07) is 35.0. The molecule has 0 aliphatic heterocycles. The minimum atomic E-state index is -4.47. The van der Waals surface area contributed by atoms with E-state index < -0.39 is 19.8 Å². The molecule has 5 aromatic rings. The lowest BCUT2D eigenvalue weighted by Crippen LogP contribution is -2.32. The second kappa shape index (κ2) is 13.4. The van der Waals surface area contributed by atoms with Crippen LogP contribution in [0, 0.1) is 0 Å². The van der Waals surface area contributed by atoms with Gasteiger partial charge in [0, 0.05) is 5.69 Å². The fraction of sp³-hybridized carbons (Fsp3) is 0.0690. The van der Waals surface area contributed by atoms with Gasteiger partial charge in [0.05, 0.1) is 0 Å². The van der Waals surface area contributed by atoms with Crippen molar-refractivity contribution in [3.63, 3.8) is 0 Å². The number of carbonyl (C=O) groups is 1. The molecule has 0 heterocycles. The van der Waals surface area contributed by atoms with Crippen LogP contribution in [0.5, 0.6) is 5.75 Å². The zero-order valence-electron chi connectivity index (χ0n) is 20.4. The Hall–Kier alpha value is -4.20. The molecule has 5 rings (SSSR count). The van der Waals surface area contributed by atoms with Gasteiger partial charge < -0.3 is 21.1 Å². The molecule has 0 amide bonds. The number of carboxylic acids is 1. The van der Waals surface area contributed by atoms with Gasteiger partial charge in [-0.25, -0.2) is 4.57 Å². The second-order valence-electron chi connectivity index (χ2n) is 8.33. The number of hydrogen-bond acceptors (Lipinski definition) is 5. The molecule has 0 aromatic heterocycles. The maximum absolute atomic E-state index is 10.6. The summed E-state index contributed by atoms with van der Waals surface area (Å²) in [7, 11) is -4.47. The van der Waals surface area contributed by atoms with E-state index in [0.717, 1.165) is 22.0 Å². The molecule has 0 fully saturated rings. The third-order valence-electron chi connectivity index (χ3n) is 5.33. The molecule has 0 spiro atoms. The minimum absolute atomic E-state index is 0.169. The number of phosphoric ester groups is 1. The summed E-state index contributed by atoms with van der Waals surface area (Å²) in [6.07, 6.45) is 0.385. The summed E-state index contributed by atoms with van der Waals surface area (Å²) < 4.78 is 15.1. The van der Waals surface area contributed by atoms with Crippen molar-refractivity contribution in [3.05, 3.63) is 121 Å². The average Bonchev–Trinajstić information content (AvgIpc) is 2.89.